The van der Waals surface area contributed by atoms with Crippen molar-refractivity contribution in [2.75, 3.05) is 20.3 Å². The van der Waals surface area contributed by atoms with E-state index in [1.807, 2.05) is 0 Å². The van der Waals surface area contributed by atoms with Gasteiger partial charge in [0.15, 0.2) is 6.61 Å². The molecule has 0 saturated carbocycles. The fourth-order valence-electron chi connectivity index (χ4n) is 1.74. The Bertz CT molecular complexity index is 734. The van der Waals surface area contributed by atoms with Crippen LogP contribution in [0.4, 0.5) is 4.39 Å². The van der Waals surface area contributed by atoms with E-state index in [1.165, 1.54) is 6.07 Å². The second kappa shape index (κ2) is 8.44. The van der Waals surface area contributed by atoms with Crippen LogP contribution in [-0.4, -0.2) is 26.2 Å². The van der Waals surface area contributed by atoms with Crippen LogP contribution in [0.15, 0.2) is 48.5 Å². The highest BCUT2D eigenvalue weighted by atomic mass is 19.1. The van der Waals surface area contributed by atoms with Crippen molar-refractivity contribution in [3.8, 4) is 23.3 Å². The molecule has 1 amide bonds. The molecule has 0 aliphatic heterocycles. The Hall–Kier alpha value is -3.00. The van der Waals surface area contributed by atoms with Gasteiger partial charge in [-0.2, -0.15) is 0 Å². The van der Waals surface area contributed by atoms with Crippen LogP contribution in [0.25, 0.3) is 0 Å². The van der Waals surface area contributed by atoms with Crippen molar-refractivity contribution in [1.82, 2.24) is 5.32 Å². The van der Waals surface area contributed by atoms with Gasteiger partial charge in [0.2, 0.25) is 0 Å². The zero-order valence-corrected chi connectivity index (χ0v) is 12.6. The fourth-order valence-corrected chi connectivity index (χ4v) is 1.74. The molecule has 0 fully saturated rings. The first-order valence-electron chi connectivity index (χ1n) is 6.96. The number of benzene rings is 2. The number of nitrogens with one attached hydrogen (secondary N) is 1. The molecule has 0 atom stereocenters. The highest BCUT2D eigenvalue weighted by Gasteiger charge is 2.02. The van der Waals surface area contributed by atoms with E-state index in [2.05, 4.69) is 17.2 Å². The molecule has 0 aromatic heterocycles. The van der Waals surface area contributed by atoms with E-state index in [0.717, 1.165) is 0 Å². The highest BCUT2D eigenvalue weighted by molar-refractivity contribution is 5.77. The number of carbonyl (C=O) groups is 1. The lowest BCUT2D eigenvalue weighted by Crippen LogP contribution is -2.29. The van der Waals surface area contributed by atoms with Crippen LogP contribution in [0, 0.1) is 17.7 Å². The van der Waals surface area contributed by atoms with Crippen molar-refractivity contribution < 1.29 is 18.7 Å². The van der Waals surface area contributed by atoms with Crippen LogP contribution in [0.1, 0.15) is 5.56 Å². The number of methoxy groups -OCH3 is 1. The number of hydrogen-bond donors (Lipinski definition) is 1. The van der Waals surface area contributed by atoms with Gasteiger partial charge in [-0.1, -0.05) is 30.0 Å². The van der Waals surface area contributed by atoms with Crippen molar-refractivity contribution in [2.45, 2.75) is 0 Å². The summed E-state index contributed by atoms with van der Waals surface area (Å²) >= 11 is 0. The van der Waals surface area contributed by atoms with Crippen LogP contribution < -0.4 is 14.8 Å². The number of carbonyl (C=O) groups excluding carboxylic acids is 1. The molecule has 0 aliphatic carbocycles. The van der Waals surface area contributed by atoms with Crippen LogP contribution >= 0.6 is 0 Å². The average Bonchev–Trinajstić information content (AvgIpc) is 2.58. The molecule has 2 aromatic rings. The van der Waals surface area contributed by atoms with Gasteiger partial charge in [0.25, 0.3) is 5.91 Å². The van der Waals surface area contributed by atoms with Crippen LogP contribution in [0.5, 0.6) is 11.5 Å². The minimum absolute atomic E-state index is 0.120. The first-order chi connectivity index (χ1) is 11.2. The van der Waals surface area contributed by atoms with Gasteiger partial charge in [0, 0.05) is 6.07 Å². The number of halogens is 1. The van der Waals surface area contributed by atoms with Gasteiger partial charge in [-0.25, -0.2) is 4.39 Å². The Morgan fingerprint density at radius 1 is 1.17 bits per heavy atom. The molecular formula is C18H16FNO3. The normalized spacial score (nSPS) is 9.48. The van der Waals surface area contributed by atoms with Gasteiger partial charge in [-0.05, 0) is 24.3 Å². The summed E-state index contributed by atoms with van der Waals surface area (Å²) in [6.07, 6.45) is 0. The van der Waals surface area contributed by atoms with Crippen molar-refractivity contribution in [3.63, 3.8) is 0 Å². The Balaban J connectivity index is 1.76. The van der Waals surface area contributed by atoms with Gasteiger partial charge in [0.1, 0.15) is 17.3 Å². The van der Waals surface area contributed by atoms with Crippen LogP contribution in [0.2, 0.25) is 0 Å². The van der Waals surface area contributed by atoms with E-state index in [9.17, 15) is 9.18 Å². The predicted octanol–water partition coefficient (Wildman–Crippen LogP) is 2.38. The molecule has 2 rings (SSSR count). The first kappa shape index (κ1) is 16.4. The fraction of sp³-hybridized carbons (Fsp3) is 0.167. The minimum Gasteiger partial charge on any atom is -0.497 e. The molecule has 0 bridgehead atoms. The average molecular weight is 313 g/mol. The van der Waals surface area contributed by atoms with Gasteiger partial charge in [-0.3, -0.25) is 4.79 Å². The number of hydrogen-bond acceptors (Lipinski definition) is 3. The summed E-state index contributed by atoms with van der Waals surface area (Å²) in [7, 11) is 1.56. The molecule has 0 heterocycles. The molecular weight excluding hydrogens is 297 g/mol. The molecule has 0 radical (unpaired) electrons. The van der Waals surface area contributed by atoms with Gasteiger partial charge < -0.3 is 14.8 Å². The monoisotopic (exact) mass is 313 g/mol. The molecule has 0 saturated heterocycles. The van der Waals surface area contributed by atoms with Crippen molar-refractivity contribution >= 4 is 5.91 Å². The Labute approximate surface area is 134 Å². The van der Waals surface area contributed by atoms with E-state index < -0.39 is 0 Å². The Morgan fingerprint density at radius 3 is 2.74 bits per heavy atom. The molecule has 0 aliphatic rings. The lowest BCUT2D eigenvalue weighted by molar-refractivity contribution is -0.122. The summed E-state index contributed by atoms with van der Waals surface area (Å²) in [5.74, 6) is 5.85. The second-order valence-corrected chi connectivity index (χ2v) is 4.53. The molecule has 2 aromatic carbocycles. The second-order valence-electron chi connectivity index (χ2n) is 4.53. The standard InChI is InChI=1S/C18H16FNO3/c1-22-15-8-4-9-16(12-15)23-13-18(21)20-11-5-7-14-6-2-3-10-17(14)19/h2-4,6,8-10,12H,11,13H2,1H3,(H,20,21). The molecule has 23 heavy (non-hydrogen) atoms. The van der Waals surface area contributed by atoms with E-state index in [4.69, 9.17) is 9.47 Å². The largest absolute Gasteiger partial charge is 0.497 e. The summed E-state index contributed by atoms with van der Waals surface area (Å²) < 4.78 is 23.7. The third-order valence-electron chi connectivity index (χ3n) is 2.88. The van der Waals surface area contributed by atoms with E-state index in [-0.39, 0.29) is 24.9 Å². The maximum atomic E-state index is 13.3. The summed E-state index contributed by atoms with van der Waals surface area (Å²) in [6, 6.07) is 13.2. The lowest BCUT2D eigenvalue weighted by Gasteiger charge is -2.07. The van der Waals surface area contributed by atoms with Crippen molar-refractivity contribution in [1.29, 1.82) is 0 Å². The van der Waals surface area contributed by atoms with Gasteiger partial charge in [-0.15, -0.1) is 0 Å². The third-order valence-corrected chi connectivity index (χ3v) is 2.88. The Kier molecular flexibility index (Phi) is 6.01. The van der Waals surface area contributed by atoms with Crippen molar-refractivity contribution in [2.24, 2.45) is 0 Å². The third kappa shape index (κ3) is 5.36. The smallest absolute Gasteiger partial charge is 0.258 e. The molecule has 1 N–H and O–H groups in total. The van der Waals surface area contributed by atoms with E-state index in [0.29, 0.717) is 17.1 Å². The molecule has 4 nitrogen and oxygen atoms in total. The Morgan fingerprint density at radius 2 is 1.96 bits per heavy atom. The summed E-state index contributed by atoms with van der Waals surface area (Å²) in [5.41, 5.74) is 0.300. The maximum absolute atomic E-state index is 13.3. The number of rotatable bonds is 5. The molecule has 118 valence electrons. The maximum Gasteiger partial charge on any atom is 0.258 e. The lowest BCUT2D eigenvalue weighted by atomic mass is 10.2. The van der Waals surface area contributed by atoms with Gasteiger partial charge >= 0.3 is 0 Å². The van der Waals surface area contributed by atoms with Crippen molar-refractivity contribution in [3.05, 3.63) is 59.9 Å². The quantitative estimate of drug-likeness (QED) is 0.862. The number of amides is 1. The summed E-state index contributed by atoms with van der Waals surface area (Å²) in [4.78, 5) is 11.6. The summed E-state index contributed by atoms with van der Waals surface area (Å²) in [5, 5.41) is 2.58. The minimum atomic E-state index is -0.382. The van der Waals surface area contributed by atoms with Gasteiger partial charge in [0.05, 0.1) is 19.2 Å². The van der Waals surface area contributed by atoms with Crippen LogP contribution in [0.3, 0.4) is 0 Å². The zero-order valence-electron chi connectivity index (χ0n) is 12.6. The van der Waals surface area contributed by atoms with E-state index in [1.54, 1.807) is 49.6 Å². The first-order valence-corrected chi connectivity index (χ1v) is 6.96. The topological polar surface area (TPSA) is 47.6 Å². The molecule has 5 heteroatoms. The molecule has 0 unspecified atom stereocenters. The van der Waals surface area contributed by atoms with E-state index >= 15 is 0 Å². The summed E-state index contributed by atoms with van der Waals surface area (Å²) in [6.45, 7) is -0.0107. The van der Waals surface area contributed by atoms with Crippen LogP contribution in [-0.2, 0) is 4.79 Å². The SMILES string of the molecule is COc1cccc(OCC(=O)NCC#Cc2ccccc2F)c1. The zero-order chi connectivity index (χ0) is 16.5. The molecule has 0 spiro atoms. The predicted molar refractivity (Wildman–Crippen MR) is 84.8 cm³/mol. The number of ether oxygens (including phenoxy) is 2. The highest BCUT2D eigenvalue weighted by Crippen LogP contribution is 2.18.